The van der Waals surface area contributed by atoms with Crippen molar-refractivity contribution in [3.63, 3.8) is 0 Å². The molecule has 0 atom stereocenters. The van der Waals surface area contributed by atoms with Crippen molar-refractivity contribution in [3.8, 4) is 0 Å². The molecule has 126 valence electrons. The number of nitrogens with zero attached hydrogens (tertiary/aromatic N) is 3. The van der Waals surface area contributed by atoms with Gasteiger partial charge in [0.1, 0.15) is 11.6 Å². The fourth-order valence-corrected chi connectivity index (χ4v) is 3.10. The van der Waals surface area contributed by atoms with E-state index in [1.165, 1.54) is 12.1 Å². The van der Waals surface area contributed by atoms with Crippen molar-refractivity contribution in [1.82, 2.24) is 9.88 Å². The predicted octanol–water partition coefficient (Wildman–Crippen LogP) is 3.70. The highest BCUT2D eigenvalue weighted by molar-refractivity contribution is 7.80. The molecule has 0 unspecified atom stereocenters. The quantitative estimate of drug-likeness (QED) is 0.821. The summed E-state index contributed by atoms with van der Waals surface area (Å²) in [6, 6.07) is 10.5. The fraction of sp³-hybridized carbons (Fsp3) is 0.294. The van der Waals surface area contributed by atoms with Gasteiger partial charge < -0.3 is 15.1 Å². The van der Waals surface area contributed by atoms with Gasteiger partial charge in [-0.05, 0) is 49.5 Å². The summed E-state index contributed by atoms with van der Waals surface area (Å²) in [5, 5.41) is 3.82. The van der Waals surface area contributed by atoms with E-state index in [4.69, 9.17) is 23.8 Å². The Bertz CT molecular complexity index is 747. The third kappa shape index (κ3) is 3.94. The molecule has 2 aromatic rings. The highest BCUT2D eigenvalue weighted by Crippen LogP contribution is 2.20. The molecule has 0 amide bonds. The summed E-state index contributed by atoms with van der Waals surface area (Å²) in [6.45, 7) is 5.30. The van der Waals surface area contributed by atoms with Crippen molar-refractivity contribution in [2.24, 2.45) is 0 Å². The molecule has 0 spiro atoms. The molecule has 1 aliphatic rings. The summed E-state index contributed by atoms with van der Waals surface area (Å²) in [4.78, 5) is 8.91. The van der Waals surface area contributed by atoms with Crippen LogP contribution in [0.4, 0.5) is 15.9 Å². The Balaban J connectivity index is 1.58. The highest BCUT2D eigenvalue weighted by atomic mass is 35.5. The maximum atomic E-state index is 13.2. The minimum Gasteiger partial charge on any atom is -0.353 e. The summed E-state index contributed by atoms with van der Waals surface area (Å²) in [5.41, 5.74) is 1.70. The average Bonchev–Trinajstić information content (AvgIpc) is 2.58. The molecule has 1 N–H and O–H groups in total. The number of hydrogen-bond acceptors (Lipinski definition) is 3. The number of aromatic nitrogens is 1. The summed E-state index contributed by atoms with van der Waals surface area (Å²) in [5.74, 6) is 0.561. The molecule has 24 heavy (non-hydrogen) atoms. The molecule has 1 aromatic carbocycles. The molecule has 1 saturated heterocycles. The number of piperazine rings is 1. The maximum absolute atomic E-state index is 13.2. The van der Waals surface area contributed by atoms with E-state index >= 15 is 0 Å². The fourth-order valence-electron chi connectivity index (χ4n) is 2.62. The van der Waals surface area contributed by atoms with Gasteiger partial charge in [0.15, 0.2) is 5.11 Å². The van der Waals surface area contributed by atoms with Gasteiger partial charge in [0.2, 0.25) is 0 Å². The van der Waals surface area contributed by atoms with Crippen LogP contribution in [0.5, 0.6) is 0 Å². The van der Waals surface area contributed by atoms with Gasteiger partial charge in [0.05, 0.1) is 5.02 Å². The summed E-state index contributed by atoms with van der Waals surface area (Å²) in [6.07, 6.45) is 0. The number of thiocarbonyl (C=S) groups is 1. The topological polar surface area (TPSA) is 31.4 Å². The molecule has 7 heteroatoms. The smallest absolute Gasteiger partial charge is 0.173 e. The van der Waals surface area contributed by atoms with Crippen molar-refractivity contribution in [3.05, 3.63) is 52.9 Å². The first-order valence-corrected chi connectivity index (χ1v) is 8.51. The molecule has 0 radical (unpaired) electrons. The van der Waals surface area contributed by atoms with Crippen LogP contribution in [0.1, 0.15) is 5.69 Å². The van der Waals surface area contributed by atoms with Gasteiger partial charge in [-0.25, -0.2) is 9.37 Å². The first-order valence-electron chi connectivity index (χ1n) is 7.72. The Morgan fingerprint density at radius 2 is 1.96 bits per heavy atom. The van der Waals surface area contributed by atoms with E-state index in [2.05, 4.69) is 20.1 Å². The predicted molar refractivity (Wildman–Crippen MR) is 100 cm³/mol. The van der Waals surface area contributed by atoms with Gasteiger partial charge in [-0.2, -0.15) is 0 Å². The molecule has 0 saturated carbocycles. The Morgan fingerprint density at radius 3 is 2.62 bits per heavy atom. The van der Waals surface area contributed by atoms with Crippen LogP contribution in [0, 0.1) is 12.7 Å². The molecular weight excluding hydrogens is 347 g/mol. The van der Waals surface area contributed by atoms with Crippen molar-refractivity contribution in [1.29, 1.82) is 0 Å². The van der Waals surface area contributed by atoms with Gasteiger partial charge >= 0.3 is 0 Å². The van der Waals surface area contributed by atoms with Crippen LogP contribution in [-0.2, 0) is 0 Å². The first-order chi connectivity index (χ1) is 11.5. The van der Waals surface area contributed by atoms with Gasteiger partial charge in [0.25, 0.3) is 0 Å². The van der Waals surface area contributed by atoms with Gasteiger partial charge in [-0.1, -0.05) is 17.7 Å². The number of anilines is 2. The number of hydrogen-bond donors (Lipinski definition) is 1. The minimum absolute atomic E-state index is 0.0816. The summed E-state index contributed by atoms with van der Waals surface area (Å²) < 4.78 is 13.2. The van der Waals surface area contributed by atoms with Crippen LogP contribution in [0.15, 0.2) is 36.4 Å². The van der Waals surface area contributed by atoms with Crippen LogP contribution >= 0.6 is 23.8 Å². The minimum atomic E-state index is -0.438. The van der Waals surface area contributed by atoms with Gasteiger partial charge in [0, 0.05) is 37.6 Å². The lowest BCUT2D eigenvalue weighted by Crippen LogP contribution is -2.50. The number of halogens is 2. The molecule has 1 aromatic heterocycles. The zero-order chi connectivity index (χ0) is 17.1. The van der Waals surface area contributed by atoms with Crippen LogP contribution < -0.4 is 10.2 Å². The second-order valence-electron chi connectivity index (χ2n) is 5.67. The zero-order valence-electron chi connectivity index (χ0n) is 13.3. The third-order valence-corrected chi connectivity index (χ3v) is 4.59. The van der Waals surface area contributed by atoms with Gasteiger partial charge in [-0.3, -0.25) is 0 Å². The van der Waals surface area contributed by atoms with E-state index in [9.17, 15) is 4.39 Å². The molecule has 1 aliphatic heterocycles. The van der Waals surface area contributed by atoms with E-state index in [0.29, 0.717) is 10.8 Å². The van der Waals surface area contributed by atoms with E-state index in [1.807, 2.05) is 25.1 Å². The van der Waals surface area contributed by atoms with Crippen LogP contribution in [0.3, 0.4) is 0 Å². The van der Waals surface area contributed by atoms with E-state index in [1.54, 1.807) is 6.07 Å². The normalized spacial score (nSPS) is 14.6. The van der Waals surface area contributed by atoms with Crippen molar-refractivity contribution >= 4 is 40.4 Å². The largest absolute Gasteiger partial charge is 0.353 e. The second-order valence-corrected chi connectivity index (χ2v) is 6.46. The standard InChI is InChI=1S/C17H18ClFN4S/c1-12-3-2-4-16(20-12)22-7-9-23(10-8-22)17(24)21-13-5-6-15(19)14(18)11-13/h2-6,11H,7-10H2,1H3,(H,21,24). The lowest BCUT2D eigenvalue weighted by Gasteiger charge is -2.36. The Kier molecular flexibility index (Phi) is 5.16. The van der Waals surface area contributed by atoms with Crippen molar-refractivity contribution in [2.45, 2.75) is 6.92 Å². The maximum Gasteiger partial charge on any atom is 0.173 e. The SMILES string of the molecule is Cc1cccc(N2CCN(C(=S)Nc3ccc(F)c(Cl)c3)CC2)n1. The van der Waals surface area contributed by atoms with Crippen LogP contribution in [-0.4, -0.2) is 41.2 Å². The highest BCUT2D eigenvalue weighted by Gasteiger charge is 2.20. The Hall–Kier alpha value is -1.92. The van der Waals surface area contributed by atoms with E-state index < -0.39 is 5.82 Å². The van der Waals surface area contributed by atoms with Crippen LogP contribution in [0.25, 0.3) is 0 Å². The molecule has 4 nitrogen and oxygen atoms in total. The van der Waals surface area contributed by atoms with Crippen molar-refractivity contribution < 1.29 is 4.39 Å². The molecule has 0 bridgehead atoms. The number of nitrogens with one attached hydrogen (secondary N) is 1. The Labute approximate surface area is 151 Å². The molecule has 0 aliphatic carbocycles. The van der Waals surface area contributed by atoms with E-state index in [-0.39, 0.29) is 5.02 Å². The van der Waals surface area contributed by atoms with Gasteiger partial charge in [-0.15, -0.1) is 0 Å². The average molecular weight is 365 g/mol. The van der Waals surface area contributed by atoms with Crippen LogP contribution in [0.2, 0.25) is 5.02 Å². The third-order valence-electron chi connectivity index (χ3n) is 3.94. The monoisotopic (exact) mass is 364 g/mol. The Morgan fingerprint density at radius 1 is 1.21 bits per heavy atom. The lowest BCUT2D eigenvalue weighted by atomic mass is 10.3. The summed E-state index contributed by atoms with van der Waals surface area (Å²) in [7, 11) is 0. The summed E-state index contributed by atoms with van der Waals surface area (Å²) >= 11 is 11.2. The number of pyridine rings is 1. The molecule has 2 heterocycles. The number of rotatable bonds is 2. The zero-order valence-corrected chi connectivity index (χ0v) is 14.9. The lowest BCUT2D eigenvalue weighted by molar-refractivity contribution is 0.389. The molecule has 1 fully saturated rings. The number of benzene rings is 1. The number of aryl methyl sites for hydroxylation is 1. The first kappa shape index (κ1) is 16.9. The molecule has 3 rings (SSSR count). The van der Waals surface area contributed by atoms with E-state index in [0.717, 1.165) is 37.7 Å². The molecular formula is C17H18ClFN4S. The second kappa shape index (κ2) is 7.32. The van der Waals surface area contributed by atoms with Crippen molar-refractivity contribution in [2.75, 3.05) is 36.4 Å².